The van der Waals surface area contributed by atoms with E-state index in [2.05, 4.69) is 0 Å². The maximum atomic E-state index is 12.3. The summed E-state index contributed by atoms with van der Waals surface area (Å²) < 4.78 is 5.43. The maximum absolute atomic E-state index is 12.3. The Morgan fingerprint density at radius 2 is 1.88 bits per heavy atom. The van der Waals surface area contributed by atoms with Gasteiger partial charge in [-0.05, 0) is 12.1 Å². The number of imide groups is 1. The number of benzene rings is 1. The van der Waals surface area contributed by atoms with Gasteiger partial charge >= 0.3 is 6.03 Å². The number of hydrogen-bond donors (Lipinski definition) is 1. The van der Waals surface area contributed by atoms with E-state index < -0.39 is 30.4 Å². The third-order valence-electron chi connectivity index (χ3n) is 4.18. The molecule has 3 rings (SSSR count). The number of urea groups is 1. The fourth-order valence-electron chi connectivity index (χ4n) is 2.93. The highest BCUT2D eigenvalue weighted by molar-refractivity contribution is 6.06. The molecular formula is C16H18N4O5. The standard InChI is InChI=1S/C16H18N4O5/c17-13(21)9-20-15(23)12-8-18(6-7-19(12)16(20)24)14(22)10-25-11-4-2-1-3-5-11/h1-5,12H,6-10H2,(H2,17,21)/t12-/m0/s1. The van der Waals surface area contributed by atoms with E-state index in [1.54, 1.807) is 24.3 Å². The fraction of sp³-hybridized carbons (Fsp3) is 0.375. The number of rotatable bonds is 5. The molecule has 2 aliphatic rings. The highest BCUT2D eigenvalue weighted by atomic mass is 16.5. The van der Waals surface area contributed by atoms with Crippen molar-refractivity contribution in [3.8, 4) is 5.75 Å². The van der Waals surface area contributed by atoms with E-state index >= 15 is 0 Å². The molecule has 2 saturated heterocycles. The van der Waals surface area contributed by atoms with Gasteiger partial charge in [0.05, 0.1) is 6.54 Å². The quantitative estimate of drug-likeness (QED) is 0.689. The first kappa shape index (κ1) is 16.7. The smallest absolute Gasteiger partial charge is 0.328 e. The van der Waals surface area contributed by atoms with Crippen LogP contribution in [0.3, 0.4) is 0 Å². The summed E-state index contributed by atoms with van der Waals surface area (Å²) in [6, 6.07) is 7.61. The lowest BCUT2D eigenvalue weighted by molar-refractivity contribution is -0.138. The van der Waals surface area contributed by atoms with E-state index in [0.29, 0.717) is 12.3 Å². The summed E-state index contributed by atoms with van der Waals surface area (Å²) in [5, 5.41) is 0. The number of fused-ring (bicyclic) bond motifs is 1. The number of carbonyl (C=O) groups excluding carboxylic acids is 4. The van der Waals surface area contributed by atoms with Crippen molar-refractivity contribution in [3.05, 3.63) is 30.3 Å². The molecule has 2 aliphatic heterocycles. The van der Waals surface area contributed by atoms with Gasteiger partial charge in [0.15, 0.2) is 6.61 Å². The number of nitrogens with two attached hydrogens (primary N) is 1. The van der Waals surface area contributed by atoms with Crippen LogP contribution in [-0.4, -0.2) is 77.3 Å². The van der Waals surface area contributed by atoms with Crippen LogP contribution in [0.15, 0.2) is 30.3 Å². The molecule has 0 spiro atoms. The van der Waals surface area contributed by atoms with Crippen LogP contribution in [0.1, 0.15) is 0 Å². The summed E-state index contributed by atoms with van der Waals surface area (Å²) in [4.78, 5) is 51.5. The molecule has 1 atom stereocenters. The third-order valence-corrected chi connectivity index (χ3v) is 4.18. The molecular weight excluding hydrogens is 328 g/mol. The molecule has 1 aromatic carbocycles. The lowest BCUT2D eigenvalue weighted by atomic mass is 10.2. The van der Waals surface area contributed by atoms with Crippen LogP contribution < -0.4 is 10.5 Å². The molecule has 9 nitrogen and oxygen atoms in total. The van der Waals surface area contributed by atoms with Gasteiger partial charge in [-0.3, -0.25) is 19.3 Å². The van der Waals surface area contributed by atoms with Gasteiger partial charge in [-0.15, -0.1) is 0 Å². The number of para-hydroxylation sites is 1. The van der Waals surface area contributed by atoms with Crippen LogP contribution in [0, 0.1) is 0 Å². The summed E-state index contributed by atoms with van der Waals surface area (Å²) in [5.74, 6) is -0.956. The monoisotopic (exact) mass is 346 g/mol. The average molecular weight is 346 g/mol. The Kier molecular flexibility index (Phi) is 4.55. The van der Waals surface area contributed by atoms with Gasteiger partial charge in [-0.1, -0.05) is 18.2 Å². The van der Waals surface area contributed by atoms with Crippen LogP contribution in [0.2, 0.25) is 0 Å². The Hall–Kier alpha value is -3.10. The van der Waals surface area contributed by atoms with Crippen molar-refractivity contribution in [2.45, 2.75) is 6.04 Å². The molecule has 0 radical (unpaired) electrons. The van der Waals surface area contributed by atoms with Gasteiger partial charge in [0, 0.05) is 13.1 Å². The normalized spacial score (nSPS) is 19.8. The molecule has 2 fully saturated rings. The lowest BCUT2D eigenvalue weighted by Gasteiger charge is -2.35. The topological polar surface area (TPSA) is 113 Å². The zero-order chi connectivity index (χ0) is 18.0. The molecule has 1 aromatic rings. The predicted molar refractivity (Wildman–Crippen MR) is 85.3 cm³/mol. The minimum absolute atomic E-state index is 0.0802. The van der Waals surface area contributed by atoms with Crippen LogP contribution in [0.5, 0.6) is 5.75 Å². The molecule has 0 bridgehead atoms. The summed E-state index contributed by atoms with van der Waals surface area (Å²) in [6.45, 7) is 0.00884. The van der Waals surface area contributed by atoms with E-state index in [0.717, 1.165) is 4.90 Å². The molecule has 2 N–H and O–H groups in total. The molecule has 0 aliphatic carbocycles. The summed E-state index contributed by atoms with van der Waals surface area (Å²) in [7, 11) is 0. The van der Waals surface area contributed by atoms with Gasteiger partial charge in [0.25, 0.3) is 11.8 Å². The van der Waals surface area contributed by atoms with Crippen molar-refractivity contribution in [1.82, 2.24) is 14.7 Å². The second-order valence-electron chi connectivity index (χ2n) is 5.82. The van der Waals surface area contributed by atoms with Crippen molar-refractivity contribution in [2.24, 2.45) is 5.73 Å². The van der Waals surface area contributed by atoms with Gasteiger partial charge in [0.2, 0.25) is 5.91 Å². The first-order valence-electron chi connectivity index (χ1n) is 7.83. The van der Waals surface area contributed by atoms with E-state index in [1.165, 1.54) is 9.80 Å². The molecule has 25 heavy (non-hydrogen) atoms. The van der Waals surface area contributed by atoms with E-state index in [-0.39, 0.29) is 25.6 Å². The maximum Gasteiger partial charge on any atom is 0.328 e. The van der Waals surface area contributed by atoms with Crippen LogP contribution in [0.4, 0.5) is 4.79 Å². The number of piperazine rings is 1. The summed E-state index contributed by atoms with van der Waals surface area (Å²) >= 11 is 0. The van der Waals surface area contributed by atoms with Crippen molar-refractivity contribution >= 4 is 23.8 Å². The SMILES string of the molecule is NC(=O)CN1C(=O)[C@@H]2CN(C(=O)COc3ccccc3)CCN2C1=O. The Labute approximate surface area is 143 Å². The number of ether oxygens (including phenoxy) is 1. The van der Waals surface area contributed by atoms with Crippen molar-refractivity contribution in [1.29, 1.82) is 0 Å². The largest absolute Gasteiger partial charge is 0.484 e. The highest BCUT2D eigenvalue weighted by Gasteiger charge is 2.48. The number of nitrogens with zero attached hydrogens (tertiary/aromatic N) is 3. The molecule has 0 unspecified atom stereocenters. The fourth-order valence-corrected chi connectivity index (χ4v) is 2.93. The zero-order valence-electron chi connectivity index (χ0n) is 13.5. The van der Waals surface area contributed by atoms with Crippen LogP contribution in [0.25, 0.3) is 0 Å². The van der Waals surface area contributed by atoms with Crippen molar-refractivity contribution < 1.29 is 23.9 Å². The van der Waals surface area contributed by atoms with E-state index in [9.17, 15) is 19.2 Å². The summed E-state index contributed by atoms with van der Waals surface area (Å²) in [5.41, 5.74) is 5.07. The van der Waals surface area contributed by atoms with E-state index in [4.69, 9.17) is 10.5 Å². The first-order valence-corrected chi connectivity index (χ1v) is 7.83. The van der Waals surface area contributed by atoms with Crippen LogP contribution in [-0.2, 0) is 14.4 Å². The minimum atomic E-state index is -0.777. The Morgan fingerprint density at radius 1 is 1.16 bits per heavy atom. The zero-order valence-corrected chi connectivity index (χ0v) is 13.5. The molecule has 132 valence electrons. The molecule has 5 amide bonds. The van der Waals surface area contributed by atoms with Gasteiger partial charge < -0.3 is 20.3 Å². The number of carbonyl (C=O) groups is 4. The minimum Gasteiger partial charge on any atom is -0.484 e. The van der Waals surface area contributed by atoms with Crippen molar-refractivity contribution in [3.63, 3.8) is 0 Å². The Balaban J connectivity index is 1.60. The second kappa shape index (κ2) is 6.80. The van der Waals surface area contributed by atoms with E-state index in [1.807, 2.05) is 6.07 Å². The lowest BCUT2D eigenvalue weighted by Crippen LogP contribution is -2.55. The number of amides is 5. The van der Waals surface area contributed by atoms with Gasteiger partial charge in [0.1, 0.15) is 18.3 Å². The Bertz CT molecular complexity index is 708. The molecule has 0 aromatic heterocycles. The molecule has 9 heteroatoms. The molecule has 0 saturated carbocycles. The number of hydrogen-bond acceptors (Lipinski definition) is 5. The number of primary amides is 1. The first-order chi connectivity index (χ1) is 12.0. The summed E-state index contributed by atoms with van der Waals surface area (Å²) in [6.07, 6.45) is 0. The molecule has 2 heterocycles. The highest BCUT2D eigenvalue weighted by Crippen LogP contribution is 2.22. The average Bonchev–Trinajstić information content (AvgIpc) is 2.84. The van der Waals surface area contributed by atoms with Gasteiger partial charge in [-0.2, -0.15) is 0 Å². The second-order valence-corrected chi connectivity index (χ2v) is 5.82. The Morgan fingerprint density at radius 3 is 2.56 bits per heavy atom. The van der Waals surface area contributed by atoms with Gasteiger partial charge in [-0.25, -0.2) is 4.79 Å². The third kappa shape index (κ3) is 3.39. The van der Waals surface area contributed by atoms with Crippen molar-refractivity contribution in [2.75, 3.05) is 32.8 Å². The predicted octanol–water partition coefficient (Wildman–Crippen LogP) is -0.974. The van der Waals surface area contributed by atoms with Crippen LogP contribution >= 0.6 is 0 Å².